The molecular formula is C13H20N4. The predicted molar refractivity (Wildman–Crippen MR) is 73.2 cm³/mol. The summed E-state index contributed by atoms with van der Waals surface area (Å²) in [7, 11) is 0. The van der Waals surface area contributed by atoms with E-state index in [1.165, 1.54) is 11.8 Å². The molecule has 0 spiro atoms. The van der Waals surface area contributed by atoms with Crippen LogP contribution in [0.2, 0.25) is 0 Å². The number of rotatable bonds is 3. The largest absolute Gasteiger partial charge is 0.398 e. The van der Waals surface area contributed by atoms with Crippen molar-refractivity contribution >= 4 is 17.6 Å². The van der Waals surface area contributed by atoms with E-state index in [4.69, 9.17) is 11.1 Å². The van der Waals surface area contributed by atoms with Crippen molar-refractivity contribution in [2.75, 3.05) is 36.8 Å². The Morgan fingerprint density at radius 2 is 2.12 bits per heavy atom. The quantitative estimate of drug-likeness (QED) is 0.542. The standard InChI is InChI=1S/C13H20N4/c1-2-10-7-12(15)11(9-14)13(8-10)17-5-3-16-4-6-17/h7-9,14,16H,2-6,15H2,1H3. The van der Waals surface area contributed by atoms with Crippen molar-refractivity contribution in [2.45, 2.75) is 13.3 Å². The van der Waals surface area contributed by atoms with E-state index in [2.05, 4.69) is 23.2 Å². The molecule has 1 aromatic rings. The first kappa shape index (κ1) is 11.9. The topological polar surface area (TPSA) is 65.1 Å². The van der Waals surface area contributed by atoms with Gasteiger partial charge in [-0.15, -0.1) is 0 Å². The zero-order chi connectivity index (χ0) is 12.3. The summed E-state index contributed by atoms with van der Waals surface area (Å²) in [6.45, 7) is 6.07. The number of hydrogen-bond donors (Lipinski definition) is 3. The van der Waals surface area contributed by atoms with E-state index in [0.717, 1.165) is 43.9 Å². The highest BCUT2D eigenvalue weighted by atomic mass is 15.2. The maximum absolute atomic E-state index is 7.52. The van der Waals surface area contributed by atoms with Gasteiger partial charge in [0.15, 0.2) is 0 Å². The third-order valence-corrected chi connectivity index (χ3v) is 3.26. The number of nitrogens with two attached hydrogens (primary N) is 1. The van der Waals surface area contributed by atoms with Gasteiger partial charge in [-0.05, 0) is 24.1 Å². The zero-order valence-corrected chi connectivity index (χ0v) is 10.3. The molecular weight excluding hydrogens is 212 g/mol. The van der Waals surface area contributed by atoms with E-state index in [0.29, 0.717) is 5.69 Å². The summed E-state index contributed by atoms with van der Waals surface area (Å²) in [6, 6.07) is 4.15. The number of aryl methyl sites for hydroxylation is 1. The Morgan fingerprint density at radius 3 is 2.71 bits per heavy atom. The molecule has 4 heteroatoms. The highest BCUT2D eigenvalue weighted by Gasteiger charge is 2.15. The van der Waals surface area contributed by atoms with Gasteiger partial charge in [-0.25, -0.2) is 0 Å². The number of anilines is 2. The van der Waals surface area contributed by atoms with Crippen LogP contribution in [0.15, 0.2) is 12.1 Å². The molecule has 2 rings (SSSR count). The number of nitrogens with zero attached hydrogens (tertiary/aromatic N) is 1. The predicted octanol–water partition coefficient (Wildman–Crippen LogP) is 1.24. The van der Waals surface area contributed by atoms with Crippen LogP contribution in [-0.4, -0.2) is 32.4 Å². The van der Waals surface area contributed by atoms with E-state index in [9.17, 15) is 0 Å². The number of nitrogen functional groups attached to an aromatic ring is 1. The van der Waals surface area contributed by atoms with E-state index in [-0.39, 0.29) is 0 Å². The molecule has 4 nitrogen and oxygen atoms in total. The van der Waals surface area contributed by atoms with Crippen LogP contribution in [0.5, 0.6) is 0 Å². The van der Waals surface area contributed by atoms with Crippen LogP contribution in [0.25, 0.3) is 0 Å². The Bertz CT molecular complexity index is 408. The molecule has 0 bridgehead atoms. The second-order valence-electron chi connectivity index (χ2n) is 4.35. The summed E-state index contributed by atoms with van der Waals surface area (Å²) in [6.07, 6.45) is 2.34. The number of benzene rings is 1. The highest BCUT2D eigenvalue weighted by Crippen LogP contribution is 2.27. The first-order chi connectivity index (χ1) is 8.26. The summed E-state index contributed by atoms with van der Waals surface area (Å²) in [5.41, 5.74) is 9.94. The average Bonchev–Trinajstić information content (AvgIpc) is 2.38. The first-order valence-electron chi connectivity index (χ1n) is 6.14. The Morgan fingerprint density at radius 1 is 1.41 bits per heavy atom. The lowest BCUT2D eigenvalue weighted by Crippen LogP contribution is -2.44. The lowest BCUT2D eigenvalue weighted by molar-refractivity contribution is 0.589. The van der Waals surface area contributed by atoms with Gasteiger partial charge in [0.25, 0.3) is 0 Å². The van der Waals surface area contributed by atoms with Gasteiger partial charge >= 0.3 is 0 Å². The summed E-state index contributed by atoms with van der Waals surface area (Å²) in [5.74, 6) is 0. The highest BCUT2D eigenvalue weighted by molar-refractivity contribution is 5.93. The molecule has 0 aliphatic carbocycles. The van der Waals surface area contributed by atoms with Crippen molar-refractivity contribution in [2.24, 2.45) is 0 Å². The van der Waals surface area contributed by atoms with Gasteiger partial charge in [0.1, 0.15) is 0 Å². The number of piperazine rings is 1. The second kappa shape index (κ2) is 5.19. The minimum atomic E-state index is 0.716. The molecule has 1 aromatic carbocycles. The molecule has 1 heterocycles. The summed E-state index contributed by atoms with van der Waals surface area (Å²) in [5, 5.41) is 10.9. The Hall–Kier alpha value is -1.55. The molecule has 1 aliphatic rings. The maximum atomic E-state index is 7.52. The fourth-order valence-electron chi connectivity index (χ4n) is 2.25. The summed E-state index contributed by atoms with van der Waals surface area (Å²) >= 11 is 0. The van der Waals surface area contributed by atoms with Crippen molar-refractivity contribution in [3.8, 4) is 0 Å². The summed E-state index contributed by atoms with van der Waals surface area (Å²) < 4.78 is 0. The molecule has 1 saturated heterocycles. The van der Waals surface area contributed by atoms with Crippen molar-refractivity contribution in [1.29, 1.82) is 5.41 Å². The molecule has 0 saturated carbocycles. The Balaban J connectivity index is 2.41. The monoisotopic (exact) mass is 232 g/mol. The first-order valence-corrected chi connectivity index (χ1v) is 6.14. The normalized spacial score (nSPS) is 15.9. The van der Waals surface area contributed by atoms with Gasteiger partial charge in [-0.1, -0.05) is 6.92 Å². The van der Waals surface area contributed by atoms with Gasteiger partial charge in [-0.2, -0.15) is 0 Å². The minimum Gasteiger partial charge on any atom is -0.398 e. The van der Waals surface area contributed by atoms with Crippen LogP contribution in [0, 0.1) is 5.41 Å². The minimum absolute atomic E-state index is 0.716. The number of hydrogen-bond acceptors (Lipinski definition) is 4. The molecule has 17 heavy (non-hydrogen) atoms. The van der Waals surface area contributed by atoms with Gasteiger partial charge in [0.05, 0.1) is 0 Å². The lowest BCUT2D eigenvalue weighted by atomic mass is 10.0. The van der Waals surface area contributed by atoms with Crippen molar-refractivity contribution in [3.63, 3.8) is 0 Å². The van der Waals surface area contributed by atoms with Crippen LogP contribution >= 0.6 is 0 Å². The third kappa shape index (κ3) is 2.42. The molecule has 4 N–H and O–H groups in total. The molecule has 0 aromatic heterocycles. The second-order valence-corrected chi connectivity index (χ2v) is 4.35. The van der Waals surface area contributed by atoms with E-state index < -0.39 is 0 Å². The van der Waals surface area contributed by atoms with Crippen LogP contribution in [-0.2, 0) is 6.42 Å². The fourth-order valence-corrected chi connectivity index (χ4v) is 2.25. The molecule has 1 fully saturated rings. The van der Waals surface area contributed by atoms with E-state index in [1.807, 2.05) is 6.07 Å². The molecule has 0 unspecified atom stereocenters. The van der Waals surface area contributed by atoms with Crippen LogP contribution in [0.1, 0.15) is 18.1 Å². The molecule has 0 atom stereocenters. The van der Waals surface area contributed by atoms with E-state index >= 15 is 0 Å². The molecule has 0 amide bonds. The van der Waals surface area contributed by atoms with Gasteiger partial charge in [-0.3, -0.25) is 0 Å². The third-order valence-electron chi connectivity index (χ3n) is 3.26. The van der Waals surface area contributed by atoms with Crippen LogP contribution < -0.4 is 16.0 Å². The Labute approximate surface area is 102 Å². The van der Waals surface area contributed by atoms with Gasteiger partial charge in [0.2, 0.25) is 0 Å². The molecule has 92 valence electrons. The van der Waals surface area contributed by atoms with Crippen molar-refractivity contribution in [3.05, 3.63) is 23.3 Å². The lowest BCUT2D eigenvalue weighted by Gasteiger charge is -2.31. The van der Waals surface area contributed by atoms with Crippen molar-refractivity contribution in [1.82, 2.24) is 5.32 Å². The van der Waals surface area contributed by atoms with E-state index in [1.54, 1.807) is 0 Å². The van der Waals surface area contributed by atoms with Gasteiger partial charge in [0, 0.05) is 49.3 Å². The average molecular weight is 232 g/mol. The summed E-state index contributed by atoms with van der Waals surface area (Å²) in [4.78, 5) is 2.31. The Kier molecular flexibility index (Phi) is 3.64. The van der Waals surface area contributed by atoms with Crippen LogP contribution in [0.3, 0.4) is 0 Å². The molecule has 1 aliphatic heterocycles. The zero-order valence-electron chi connectivity index (χ0n) is 10.3. The number of nitrogens with one attached hydrogen (secondary N) is 2. The van der Waals surface area contributed by atoms with Crippen LogP contribution in [0.4, 0.5) is 11.4 Å². The smallest absolute Gasteiger partial charge is 0.0479 e. The van der Waals surface area contributed by atoms with Gasteiger partial charge < -0.3 is 21.4 Å². The maximum Gasteiger partial charge on any atom is 0.0479 e. The SMILES string of the molecule is CCc1cc(N)c(C=N)c(N2CCNCC2)c1. The fraction of sp³-hybridized carbons (Fsp3) is 0.462. The van der Waals surface area contributed by atoms with Crippen molar-refractivity contribution < 1.29 is 0 Å². The molecule has 0 radical (unpaired) electrons.